The maximum Gasteiger partial charge on any atom is 0.308 e. The molecule has 2 rings (SSSR count). The van der Waals surface area contributed by atoms with Gasteiger partial charge in [0.1, 0.15) is 5.82 Å². The molecule has 0 aliphatic rings. The number of halogens is 2. The highest BCUT2D eigenvalue weighted by molar-refractivity contribution is 5.95. The van der Waals surface area contributed by atoms with Gasteiger partial charge in [-0.15, -0.1) is 0 Å². The molecule has 0 aromatic heterocycles. The van der Waals surface area contributed by atoms with E-state index in [0.29, 0.717) is 12.1 Å². The molecule has 2 aromatic rings. The minimum atomic E-state index is -1.36. The van der Waals surface area contributed by atoms with Crippen molar-refractivity contribution in [2.75, 3.05) is 13.1 Å². The van der Waals surface area contributed by atoms with Gasteiger partial charge in [-0.1, -0.05) is 30.3 Å². The number of rotatable bonds is 6. The van der Waals surface area contributed by atoms with Crippen LogP contribution in [0.4, 0.5) is 14.5 Å². The van der Waals surface area contributed by atoms with Crippen LogP contribution in [0.2, 0.25) is 0 Å². The summed E-state index contributed by atoms with van der Waals surface area (Å²) in [6.07, 6.45) is 0. The third kappa shape index (κ3) is 3.90. The quantitative estimate of drug-likeness (QED) is 0.649. The average molecular weight is 335 g/mol. The molecule has 0 atom stereocenters. The van der Waals surface area contributed by atoms with Crippen LogP contribution in [0.5, 0.6) is 0 Å². The molecule has 0 heterocycles. The second-order valence-electron chi connectivity index (χ2n) is 5.04. The van der Waals surface area contributed by atoms with Crippen molar-refractivity contribution in [1.82, 2.24) is 4.90 Å². The lowest BCUT2D eigenvalue weighted by molar-refractivity contribution is -0.387. The number of carbonyl (C=O) groups excluding carboxylic acids is 1. The normalized spacial score (nSPS) is 10.5. The van der Waals surface area contributed by atoms with E-state index in [4.69, 9.17) is 5.73 Å². The Morgan fingerprint density at radius 2 is 1.88 bits per heavy atom. The van der Waals surface area contributed by atoms with Gasteiger partial charge in [0.25, 0.3) is 5.91 Å². The number of hydrogen-bond acceptors (Lipinski definition) is 4. The zero-order valence-corrected chi connectivity index (χ0v) is 12.6. The van der Waals surface area contributed by atoms with Crippen molar-refractivity contribution < 1.29 is 18.5 Å². The fourth-order valence-corrected chi connectivity index (χ4v) is 2.25. The lowest BCUT2D eigenvalue weighted by Gasteiger charge is -2.22. The summed E-state index contributed by atoms with van der Waals surface area (Å²) < 4.78 is 27.7. The molecule has 6 nitrogen and oxygen atoms in total. The van der Waals surface area contributed by atoms with Gasteiger partial charge in [-0.05, 0) is 11.6 Å². The molecular formula is C16H15F2N3O3. The molecule has 0 saturated carbocycles. The summed E-state index contributed by atoms with van der Waals surface area (Å²) >= 11 is 0. The smallest absolute Gasteiger partial charge is 0.308 e. The molecule has 0 fully saturated rings. The fraction of sp³-hybridized carbons (Fsp3) is 0.188. The van der Waals surface area contributed by atoms with E-state index in [1.165, 1.54) is 4.90 Å². The van der Waals surface area contributed by atoms with Gasteiger partial charge in [-0.2, -0.15) is 4.39 Å². The maximum atomic E-state index is 14.2. The number of hydrogen-bond donors (Lipinski definition) is 1. The molecule has 0 aliphatic carbocycles. The van der Waals surface area contributed by atoms with Crippen molar-refractivity contribution in [1.29, 1.82) is 0 Å². The second kappa shape index (κ2) is 7.60. The summed E-state index contributed by atoms with van der Waals surface area (Å²) in [5.41, 5.74) is 4.48. The predicted molar refractivity (Wildman–Crippen MR) is 83.2 cm³/mol. The van der Waals surface area contributed by atoms with Gasteiger partial charge in [0.05, 0.1) is 16.6 Å². The van der Waals surface area contributed by atoms with Gasteiger partial charge < -0.3 is 10.6 Å². The van der Waals surface area contributed by atoms with Crippen LogP contribution in [0.15, 0.2) is 42.5 Å². The molecule has 0 radical (unpaired) electrons. The van der Waals surface area contributed by atoms with Crippen molar-refractivity contribution in [2.24, 2.45) is 5.73 Å². The van der Waals surface area contributed by atoms with Crippen LogP contribution in [0.1, 0.15) is 15.9 Å². The molecule has 8 heteroatoms. The van der Waals surface area contributed by atoms with Gasteiger partial charge in [0.15, 0.2) is 0 Å². The summed E-state index contributed by atoms with van der Waals surface area (Å²) in [6, 6.07) is 9.97. The molecule has 24 heavy (non-hydrogen) atoms. The van der Waals surface area contributed by atoms with Crippen LogP contribution in [-0.2, 0) is 6.54 Å². The zero-order valence-electron chi connectivity index (χ0n) is 12.6. The first-order valence-corrected chi connectivity index (χ1v) is 7.10. The summed E-state index contributed by atoms with van der Waals surface area (Å²) in [6.45, 7) is 0.329. The topological polar surface area (TPSA) is 89.5 Å². The fourth-order valence-electron chi connectivity index (χ4n) is 2.25. The van der Waals surface area contributed by atoms with Crippen LogP contribution in [0.3, 0.4) is 0 Å². The van der Waals surface area contributed by atoms with Gasteiger partial charge in [-0.25, -0.2) is 4.39 Å². The molecule has 0 bridgehead atoms. The number of nitrogens with two attached hydrogens (primary N) is 1. The number of nitro benzene ring substituents is 1. The SMILES string of the molecule is NCCN(Cc1ccccc1)C(=O)c1cc(F)cc([N+](=O)[O-])c1F. The molecule has 126 valence electrons. The first-order chi connectivity index (χ1) is 11.4. The van der Waals surface area contributed by atoms with Crippen LogP contribution in [0, 0.1) is 21.7 Å². The third-order valence-electron chi connectivity index (χ3n) is 3.35. The van der Waals surface area contributed by atoms with Crippen molar-refractivity contribution in [3.63, 3.8) is 0 Å². The monoisotopic (exact) mass is 335 g/mol. The Morgan fingerprint density at radius 3 is 2.46 bits per heavy atom. The molecule has 0 saturated heterocycles. The van der Waals surface area contributed by atoms with Crippen LogP contribution in [-0.4, -0.2) is 28.8 Å². The first-order valence-electron chi connectivity index (χ1n) is 7.10. The van der Waals surface area contributed by atoms with Crippen LogP contribution in [0.25, 0.3) is 0 Å². The largest absolute Gasteiger partial charge is 0.333 e. The molecule has 1 amide bonds. The number of benzene rings is 2. The minimum Gasteiger partial charge on any atom is -0.333 e. The van der Waals surface area contributed by atoms with Crippen LogP contribution >= 0.6 is 0 Å². The summed E-state index contributed by atoms with van der Waals surface area (Å²) in [4.78, 5) is 23.5. The lowest BCUT2D eigenvalue weighted by atomic mass is 10.1. The Labute approximate surface area is 136 Å². The molecule has 2 N–H and O–H groups in total. The summed E-state index contributed by atoms with van der Waals surface area (Å²) in [5.74, 6) is -3.27. The van der Waals surface area contributed by atoms with E-state index in [-0.39, 0.29) is 19.6 Å². The van der Waals surface area contributed by atoms with E-state index in [1.54, 1.807) is 30.3 Å². The van der Waals surface area contributed by atoms with Crippen molar-refractivity contribution in [2.45, 2.75) is 6.54 Å². The molecule has 0 aliphatic heterocycles. The average Bonchev–Trinajstić information content (AvgIpc) is 2.56. The highest BCUT2D eigenvalue weighted by atomic mass is 19.1. The Morgan fingerprint density at radius 1 is 1.21 bits per heavy atom. The van der Waals surface area contributed by atoms with Crippen molar-refractivity contribution >= 4 is 11.6 Å². The number of carbonyl (C=O) groups is 1. The summed E-state index contributed by atoms with van der Waals surface area (Å²) in [7, 11) is 0. The van der Waals surface area contributed by atoms with Crippen molar-refractivity contribution in [3.8, 4) is 0 Å². The van der Waals surface area contributed by atoms with Gasteiger partial charge in [0, 0.05) is 19.6 Å². The third-order valence-corrected chi connectivity index (χ3v) is 3.35. The van der Waals surface area contributed by atoms with Gasteiger partial charge in [-0.3, -0.25) is 14.9 Å². The molecular weight excluding hydrogens is 320 g/mol. The maximum absolute atomic E-state index is 14.2. The highest BCUT2D eigenvalue weighted by Crippen LogP contribution is 2.24. The Kier molecular flexibility index (Phi) is 5.54. The Balaban J connectivity index is 2.38. The molecule has 0 spiro atoms. The van der Waals surface area contributed by atoms with E-state index in [9.17, 15) is 23.7 Å². The van der Waals surface area contributed by atoms with E-state index in [1.807, 2.05) is 0 Å². The second-order valence-corrected chi connectivity index (χ2v) is 5.04. The van der Waals surface area contributed by atoms with E-state index in [0.717, 1.165) is 5.56 Å². The van der Waals surface area contributed by atoms with Gasteiger partial charge in [0.2, 0.25) is 5.82 Å². The highest BCUT2D eigenvalue weighted by Gasteiger charge is 2.27. The standard InChI is InChI=1S/C16H15F2N3O3/c17-12-8-13(15(18)14(9-12)21(23)24)16(22)20(7-6-19)10-11-4-2-1-3-5-11/h1-5,8-9H,6-7,10,19H2. The predicted octanol–water partition coefficient (Wildman–Crippen LogP) is 2.47. The van der Waals surface area contributed by atoms with E-state index < -0.39 is 33.7 Å². The molecule has 2 aromatic carbocycles. The minimum absolute atomic E-state index is 0.0947. The first kappa shape index (κ1) is 17.5. The Bertz CT molecular complexity index is 754. The summed E-state index contributed by atoms with van der Waals surface area (Å²) in [5, 5.41) is 10.8. The van der Waals surface area contributed by atoms with E-state index >= 15 is 0 Å². The number of nitro groups is 1. The number of nitrogens with zero attached hydrogens (tertiary/aromatic N) is 2. The Hall–Kier alpha value is -2.87. The molecule has 0 unspecified atom stereocenters. The lowest BCUT2D eigenvalue weighted by Crippen LogP contribution is -2.35. The van der Waals surface area contributed by atoms with Crippen LogP contribution < -0.4 is 5.73 Å². The zero-order chi connectivity index (χ0) is 17.7. The van der Waals surface area contributed by atoms with Crippen molar-refractivity contribution in [3.05, 3.63) is 75.3 Å². The van der Waals surface area contributed by atoms with Gasteiger partial charge >= 0.3 is 5.69 Å². The van der Waals surface area contributed by atoms with E-state index in [2.05, 4.69) is 0 Å². The number of amides is 1.